The quantitative estimate of drug-likeness (QED) is 0.595. The Morgan fingerprint density at radius 1 is 1.28 bits per heavy atom. The maximum atomic E-state index is 12.5. The number of rotatable bonds is 7. The highest BCUT2D eigenvalue weighted by atomic mass is 16.6. The average molecular weight is 341 g/mol. The van der Waals surface area contributed by atoms with Gasteiger partial charge in [-0.25, -0.2) is 0 Å². The molecule has 3 rings (SSSR count). The number of ether oxygens (including phenoxy) is 3. The Labute approximate surface area is 145 Å². The Morgan fingerprint density at radius 3 is 2.84 bits per heavy atom. The number of hydrogen-bond donors (Lipinski definition) is 2. The van der Waals surface area contributed by atoms with Gasteiger partial charge in [0.25, 0.3) is 0 Å². The molecule has 2 N–H and O–H groups in total. The Hall–Kier alpha value is -2.83. The summed E-state index contributed by atoms with van der Waals surface area (Å²) < 4.78 is 16.2. The number of aliphatic hydroxyl groups is 1. The van der Waals surface area contributed by atoms with Crippen molar-refractivity contribution < 1.29 is 24.1 Å². The van der Waals surface area contributed by atoms with Crippen molar-refractivity contribution in [1.29, 1.82) is 0 Å². The van der Waals surface area contributed by atoms with Crippen LogP contribution in [0, 0.1) is 0 Å². The van der Waals surface area contributed by atoms with Crippen LogP contribution in [0.4, 0.5) is 5.69 Å². The zero-order valence-electron chi connectivity index (χ0n) is 13.8. The first kappa shape index (κ1) is 17.0. The average Bonchev–Trinajstić information content (AvgIpc) is 2.66. The smallest absolute Gasteiger partial charge is 0.222 e. The maximum Gasteiger partial charge on any atom is 0.222 e. The summed E-state index contributed by atoms with van der Waals surface area (Å²) in [7, 11) is 0. The van der Waals surface area contributed by atoms with Gasteiger partial charge in [0.15, 0.2) is 5.75 Å². The Kier molecular flexibility index (Phi) is 5.33. The molecule has 1 heterocycles. The van der Waals surface area contributed by atoms with E-state index in [0.717, 1.165) is 5.56 Å². The Bertz CT molecular complexity index is 773. The SMILES string of the molecule is CCOC(O)C(=O)c1cc(OCc2ccccc2)cc2c1OC=CN2. The fraction of sp³-hybridized carbons (Fsp3) is 0.211. The second kappa shape index (κ2) is 7.83. The minimum absolute atomic E-state index is 0.193. The zero-order valence-corrected chi connectivity index (χ0v) is 13.8. The third kappa shape index (κ3) is 3.99. The number of aliphatic hydroxyl groups excluding tert-OH is 1. The van der Waals surface area contributed by atoms with Gasteiger partial charge in [-0.05, 0) is 18.6 Å². The van der Waals surface area contributed by atoms with Crippen molar-refractivity contribution in [1.82, 2.24) is 0 Å². The molecule has 2 aromatic rings. The van der Waals surface area contributed by atoms with Gasteiger partial charge < -0.3 is 24.6 Å². The predicted molar refractivity (Wildman–Crippen MR) is 92.6 cm³/mol. The number of nitrogens with one attached hydrogen (secondary N) is 1. The Morgan fingerprint density at radius 2 is 2.08 bits per heavy atom. The van der Waals surface area contributed by atoms with E-state index in [1.54, 1.807) is 25.3 Å². The van der Waals surface area contributed by atoms with E-state index in [1.807, 2.05) is 30.3 Å². The third-order valence-electron chi connectivity index (χ3n) is 3.62. The summed E-state index contributed by atoms with van der Waals surface area (Å²) >= 11 is 0. The molecule has 0 aromatic heterocycles. The molecule has 2 aromatic carbocycles. The third-order valence-corrected chi connectivity index (χ3v) is 3.62. The van der Waals surface area contributed by atoms with Crippen molar-refractivity contribution >= 4 is 11.5 Å². The normalized spacial score (nSPS) is 13.4. The van der Waals surface area contributed by atoms with Crippen molar-refractivity contribution in [3.63, 3.8) is 0 Å². The lowest BCUT2D eigenvalue weighted by atomic mass is 10.1. The molecule has 1 atom stereocenters. The minimum Gasteiger partial charge on any atom is -0.489 e. The van der Waals surface area contributed by atoms with Gasteiger partial charge in [-0.15, -0.1) is 0 Å². The maximum absolute atomic E-state index is 12.5. The number of Topliss-reactive ketones (excluding diaryl/α,β-unsaturated/α-hetero) is 1. The van der Waals surface area contributed by atoms with Crippen molar-refractivity contribution in [2.24, 2.45) is 0 Å². The van der Waals surface area contributed by atoms with Gasteiger partial charge in [-0.1, -0.05) is 30.3 Å². The van der Waals surface area contributed by atoms with Crippen LogP contribution in [0.2, 0.25) is 0 Å². The van der Waals surface area contributed by atoms with Crippen LogP contribution in [0.25, 0.3) is 0 Å². The highest BCUT2D eigenvalue weighted by Gasteiger charge is 2.25. The summed E-state index contributed by atoms with van der Waals surface area (Å²) in [6, 6.07) is 13.0. The molecule has 0 radical (unpaired) electrons. The summed E-state index contributed by atoms with van der Waals surface area (Å²) in [5, 5.41) is 12.9. The molecule has 6 heteroatoms. The zero-order chi connectivity index (χ0) is 17.6. The highest BCUT2D eigenvalue weighted by molar-refractivity contribution is 6.03. The summed E-state index contributed by atoms with van der Waals surface area (Å²) in [5.41, 5.74) is 1.78. The number of anilines is 1. The molecular weight excluding hydrogens is 322 g/mol. The highest BCUT2D eigenvalue weighted by Crippen LogP contribution is 2.37. The summed E-state index contributed by atoms with van der Waals surface area (Å²) in [4.78, 5) is 12.5. The number of ketones is 1. The van der Waals surface area contributed by atoms with Crippen molar-refractivity contribution in [3.8, 4) is 11.5 Å². The van der Waals surface area contributed by atoms with Crippen LogP contribution in [0.5, 0.6) is 11.5 Å². The van der Waals surface area contributed by atoms with Crippen LogP contribution in [0.3, 0.4) is 0 Å². The van der Waals surface area contributed by atoms with E-state index in [9.17, 15) is 9.90 Å². The van der Waals surface area contributed by atoms with Gasteiger partial charge in [0.2, 0.25) is 12.1 Å². The molecule has 0 bridgehead atoms. The Balaban J connectivity index is 1.87. The number of benzene rings is 2. The van der Waals surface area contributed by atoms with E-state index in [2.05, 4.69) is 5.32 Å². The van der Waals surface area contributed by atoms with E-state index in [-0.39, 0.29) is 12.2 Å². The van der Waals surface area contributed by atoms with Crippen LogP contribution < -0.4 is 14.8 Å². The summed E-state index contributed by atoms with van der Waals surface area (Å²) in [5.74, 6) is 0.236. The first-order valence-corrected chi connectivity index (χ1v) is 7.96. The largest absolute Gasteiger partial charge is 0.489 e. The lowest BCUT2D eigenvalue weighted by molar-refractivity contribution is -0.0676. The van der Waals surface area contributed by atoms with E-state index >= 15 is 0 Å². The minimum atomic E-state index is -1.55. The molecule has 0 amide bonds. The van der Waals surface area contributed by atoms with Gasteiger partial charge in [-0.3, -0.25) is 4.79 Å². The number of carbonyl (C=O) groups excluding carboxylic acids is 1. The summed E-state index contributed by atoms with van der Waals surface area (Å²) in [6.45, 7) is 2.28. The fourth-order valence-corrected chi connectivity index (χ4v) is 2.44. The molecular formula is C19H19NO5. The molecule has 0 spiro atoms. The van der Waals surface area contributed by atoms with Gasteiger partial charge >= 0.3 is 0 Å². The predicted octanol–water partition coefficient (Wildman–Crippen LogP) is 3.08. The molecule has 1 aliphatic rings. The molecule has 25 heavy (non-hydrogen) atoms. The van der Waals surface area contributed by atoms with Crippen LogP contribution in [0.1, 0.15) is 22.8 Å². The number of carbonyl (C=O) groups is 1. The van der Waals surface area contributed by atoms with Gasteiger partial charge in [0.05, 0.1) is 11.3 Å². The molecule has 6 nitrogen and oxygen atoms in total. The standard InChI is InChI=1S/C19H19NO5/c1-2-23-19(22)17(21)15-10-14(11-16-18(15)24-9-8-20-16)25-12-13-6-4-3-5-7-13/h3-11,19-20,22H,2,12H2,1H3. The lowest BCUT2D eigenvalue weighted by Crippen LogP contribution is -2.24. The summed E-state index contributed by atoms with van der Waals surface area (Å²) in [6.07, 6.45) is 1.49. The second-order valence-electron chi connectivity index (χ2n) is 5.36. The molecule has 0 saturated carbocycles. The lowest BCUT2D eigenvalue weighted by Gasteiger charge is -2.20. The first-order chi connectivity index (χ1) is 12.2. The molecule has 0 saturated heterocycles. The van der Waals surface area contributed by atoms with Crippen LogP contribution in [-0.2, 0) is 11.3 Å². The van der Waals surface area contributed by atoms with Crippen LogP contribution >= 0.6 is 0 Å². The van der Waals surface area contributed by atoms with E-state index in [0.29, 0.717) is 23.8 Å². The van der Waals surface area contributed by atoms with E-state index < -0.39 is 12.1 Å². The topological polar surface area (TPSA) is 77.0 Å². The van der Waals surface area contributed by atoms with E-state index in [4.69, 9.17) is 14.2 Å². The molecule has 0 aliphatic carbocycles. The first-order valence-electron chi connectivity index (χ1n) is 7.96. The van der Waals surface area contributed by atoms with Crippen LogP contribution in [0.15, 0.2) is 54.9 Å². The molecule has 0 fully saturated rings. The van der Waals surface area contributed by atoms with Crippen molar-refractivity contribution in [2.75, 3.05) is 11.9 Å². The van der Waals surface area contributed by atoms with Crippen LogP contribution in [-0.4, -0.2) is 23.8 Å². The molecule has 1 unspecified atom stereocenters. The number of fused-ring (bicyclic) bond motifs is 1. The van der Waals surface area contributed by atoms with Crippen molar-refractivity contribution in [2.45, 2.75) is 19.8 Å². The van der Waals surface area contributed by atoms with Crippen molar-refractivity contribution in [3.05, 3.63) is 66.1 Å². The van der Waals surface area contributed by atoms with Gasteiger partial charge in [0, 0.05) is 18.9 Å². The van der Waals surface area contributed by atoms with E-state index in [1.165, 1.54) is 6.26 Å². The molecule has 1 aliphatic heterocycles. The van der Waals surface area contributed by atoms with Gasteiger partial charge in [-0.2, -0.15) is 0 Å². The molecule has 130 valence electrons. The fourth-order valence-electron chi connectivity index (χ4n) is 2.44. The van der Waals surface area contributed by atoms with Gasteiger partial charge in [0.1, 0.15) is 18.6 Å². The number of hydrogen-bond acceptors (Lipinski definition) is 6. The second-order valence-corrected chi connectivity index (χ2v) is 5.36. The monoisotopic (exact) mass is 341 g/mol.